The van der Waals surface area contributed by atoms with Crippen molar-refractivity contribution >= 4 is 11.9 Å². The van der Waals surface area contributed by atoms with Crippen molar-refractivity contribution in [3.8, 4) is 5.75 Å². The van der Waals surface area contributed by atoms with Gasteiger partial charge in [-0.05, 0) is 24.5 Å². The summed E-state index contributed by atoms with van der Waals surface area (Å²) >= 11 is 0. The number of para-hydroxylation sites is 1. The highest BCUT2D eigenvalue weighted by atomic mass is 16.5. The molecule has 0 aromatic heterocycles. The summed E-state index contributed by atoms with van der Waals surface area (Å²) < 4.78 is 5.24. The molecule has 104 valence electrons. The quantitative estimate of drug-likeness (QED) is 0.822. The summed E-state index contributed by atoms with van der Waals surface area (Å²) in [6, 6.07) is 6.60. The normalized spacial score (nSPS) is 13.4. The Bertz CT molecular complexity index is 459. The van der Waals surface area contributed by atoms with Gasteiger partial charge in [-0.3, -0.25) is 9.59 Å². The molecule has 0 aliphatic rings. The van der Waals surface area contributed by atoms with E-state index in [4.69, 9.17) is 9.84 Å². The number of benzene rings is 1. The first-order valence-electron chi connectivity index (χ1n) is 6.10. The second-order valence-electron chi connectivity index (χ2n) is 4.47. The highest BCUT2D eigenvalue weighted by molar-refractivity contribution is 5.83. The maximum Gasteiger partial charge on any atom is 0.325 e. The lowest BCUT2D eigenvalue weighted by Gasteiger charge is -2.16. The minimum absolute atomic E-state index is 0.0443. The van der Waals surface area contributed by atoms with Crippen molar-refractivity contribution in [3.05, 3.63) is 29.8 Å². The van der Waals surface area contributed by atoms with Crippen molar-refractivity contribution in [1.82, 2.24) is 5.32 Å². The van der Waals surface area contributed by atoms with Crippen LogP contribution in [-0.4, -0.2) is 30.1 Å². The predicted octanol–water partition coefficient (Wildman–Crippen LogP) is 1.78. The number of rotatable bonds is 6. The number of aliphatic carboxylic acids is 1. The van der Waals surface area contributed by atoms with Gasteiger partial charge in [0.15, 0.2) is 0 Å². The van der Waals surface area contributed by atoms with E-state index >= 15 is 0 Å². The van der Waals surface area contributed by atoms with Crippen molar-refractivity contribution in [3.63, 3.8) is 0 Å². The van der Waals surface area contributed by atoms with E-state index in [0.717, 1.165) is 11.3 Å². The van der Waals surface area contributed by atoms with Crippen LogP contribution >= 0.6 is 0 Å². The number of hydrogen-bond donors (Lipinski definition) is 2. The molecule has 0 spiro atoms. The van der Waals surface area contributed by atoms with E-state index in [1.807, 2.05) is 31.2 Å². The Hall–Kier alpha value is -2.04. The van der Waals surface area contributed by atoms with E-state index in [1.165, 1.54) is 6.92 Å². The monoisotopic (exact) mass is 265 g/mol. The number of nitrogens with one attached hydrogen (secondary N) is 1. The summed E-state index contributed by atoms with van der Waals surface area (Å²) in [5, 5.41) is 11.2. The van der Waals surface area contributed by atoms with Crippen molar-refractivity contribution in [2.45, 2.75) is 32.2 Å². The van der Waals surface area contributed by atoms with Gasteiger partial charge in [-0.1, -0.05) is 25.1 Å². The average molecular weight is 265 g/mol. The molecule has 1 aromatic rings. The van der Waals surface area contributed by atoms with E-state index in [0.29, 0.717) is 0 Å². The maximum absolute atomic E-state index is 11.7. The first-order chi connectivity index (χ1) is 8.95. The van der Waals surface area contributed by atoms with Gasteiger partial charge in [0, 0.05) is 6.42 Å². The van der Waals surface area contributed by atoms with Gasteiger partial charge < -0.3 is 15.2 Å². The minimum atomic E-state index is -1.04. The first kappa shape index (κ1) is 15.0. The van der Waals surface area contributed by atoms with Crippen LogP contribution in [0.1, 0.15) is 31.7 Å². The zero-order valence-corrected chi connectivity index (χ0v) is 11.3. The molecule has 0 fully saturated rings. The summed E-state index contributed by atoms with van der Waals surface area (Å²) in [4.78, 5) is 22.4. The second-order valence-corrected chi connectivity index (χ2v) is 4.47. The molecule has 0 saturated heterocycles. The lowest BCUT2D eigenvalue weighted by molar-refractivity contribution is -0.141. The molecule has 5 nitrogen and oxygen atoms in total. The molecule has 1 rings (SSSR count). The van der Waals surface area contributed by atoms with Gasteiger partial charge in [-0.25, -0.2) is 0 Å². The van der Waals surface area contributed by atoms with Crippen LogP contribution in [0.25, 0.3) is 0 Å². The number of carboxylic acid groups (broad SMARTS) is 1. The van der Waals surface area contributed by atoms with Gasteiger partial charge in [0.1, 0.15) is 11.8 Å². The van der Waals surface area contributed by atoms with Gasteiger partial charge in [0.2, 0.25) is 5.91 Å². The molecule has 0 radical (unpaired) electrons. The van der Waals surface area contributed by atoms with E-state index < -0.39 is 12.0 Å². The molecule has 5 heteroatoms. The Morgan fingerprint density at radius 1 is 1.32 bits per heavy atom. The zero-order chi connectivity index (χ0) is 14.4. The fourth-order valence-electron chi connectivity index (χ4n) is 1.82. The van der Waals surface area contributed by atoms with E-state index in [9.17, 15) is 9.59 Å². The highest BCUT2D eigenvalue weighted by Gasteiger charge is 2.18. The third-order valence-corrected chi connectivity index (χ3v) is 2.91. The molecular formula is C14H19NO4. The molecule has 0 aliphatic carbocycles. The SMILES string of the molecule is COc1ccccc1C(C)CC(=O)N[C@@H](C)C(=O)O. The van der Waals surface area contributed by atoms with Crippen LogP contribution < -0.4 is 10.1 Å². The fourth-order valence-corrected chi connectivity index (χ4v) is 1.82. The molecule has 2 N–H and O–H groups in total. The Kier molecular flexibility index (Phi) is 5.36. The van der Waals surface area contributed by atoms with Crippen LogP contribution in [0.2, 0.25) is 0 Å². The largest absolute Gasteiger partial charge is 0.496 e. The molecule has 1 aromatic carbocycles. The van der Waals surface area contributed by atoms with Crippen LogP contribution in [0.3, 0.4) is 0 Å². The van der Waals surface area contributed by atoms with Crippen LogP contribution in [0.15, 0.2) is 24.3 Å². The number of carbonyl (C=O) groups excluding carboxylic acids is 1. The van der Waals surface area contributed by atoms with Crippen molar-refractivity contribution in [2.24, 2.45) is 0 Å². The number of carboxylic acids is 1. The zero-order valence-electron chi connectivity index (χ0n) is 11.3. The van der Waals surface area contributed by atoms with Crippen molar-refractivity contribution in [2.75, 3.05) is 7.11 Å². The van der Waals surface area contributed by atoms with Crippen LogP contribution in [0.4, 0.5) is 0 Å². The molecule has 19 heavy (non-hydrogen) atoms. The third kappa shape index (κ3) is 4.28. The maximum atomic E-state index is 11.7. The molecule has 1 amide bonds. The van der Waals surface area contributed by atoms with E-state index in [1.54, 1.807) is 7.11 Å². The minimum Gasteiger partial charge on any atom is -0.496 e. The molecule has 2 atom stereocenters. The lowest BCUT2D eigenvalue weighted by Crippen LogP contribution is -2.38. The van der Waals surface area contributed by atoms with Gasteiger partial charge >= 0.3 is 5.97 Å². The number of carbonyl (C=O) groups is 2. The molecule has 0 bridgehead atoms. The number of methoxy groups -OCH3 is 1. The predicted molar refractivity (Wildman–Crippen MR) is 71.3 cm³/mol. The molecule has 0 aliphatic heterocycles. The third-order valence-electron chi connectivity index (χ3n) is 2.91. The Morgan fingerprint density at radius 2 is 1.95 bits per heavy atom. The second kappa shape index (κ2) is 6.78. The smallest absolute Gasteiger partial charge is 0.325 e. The molecular weight excluding hydrogens is 246 g/mol. The summed E-state index contributed by atoms with van der Waals surface area (Å²) in [6.07, 6.45) is 0.220. The highest BCUT2D eigenvalue weighted by Crippen LogP contribution is 2.28. The lowest BCUT2D eigenvalue weighted by atomic mass is 9.96. The van der Waals surface area contributed by atoms with Crippen LogP contribution in [-0.2, 0) is 9.59 Å². The Balaban J connectivity index is 2.66. The summed E-state index contributed by atoms with van der Waals surface area (Å²) in [5.41, 5.74) is 0.933. The molecule has 0 saturated carbocycles. The standard InChI is InChI=1S/C14H19NO4/c1-9(8-13(16)15-10(2)14(17)18)11-6-4-5-7-12(11)19-3/h4-7,9-10H,8H2,1-3H3,(H,15,16)(H,17,18)/t9?,10-/m0/s1. The average Bonchev–Trinajstić information content (AvgIpc) is 2.38. The van der Waals surface area contributed by atoms with E-state index in [2.05, 4.69) is 5.32 Å². The molecule has 1 unspecified atom stereocenters. The fraction of sp³-hybridized carbons (Fsp3) is 0.429. The number of ether oxygens (including phenoxy) is 1. The van der Waals surface area contributed by atoms with Crippen LogP contribution in [0, 0.1) is 0 Å². The summed E-state index contributed by atoms with van der Waals surface area (Å²) in [5.74, 6) is -0.641. The Labute approximate surface area is 112 Å². The van der Waals surface area contributed by atoms with Gasteiger partial charge in [0.25, 0.3) is 0 Å². The topological polar surface area (TPSA) is 75.6 Å². The van der Waals surface area contributed by atoms with E-state index in [-0.39, 0.29) is 18.2 Å². The van der Waals surface area contributed by atoms with Gasteiger partial charge in [-0.2, -0.15) is 0 Å². The van der Waals surface area contributed by atoms with Gasteiger partial charge in [0.05, 0.1) is 7.11 Å². The van der Waals surface area contributed by atoms with Crippen molar-refractivity contribution in [1.29, 1.82) is 0 Å². The first-order valence-corrected chi connectivity index (χ1v) is 6.10. The van der Waals surface area contributed by atoms with Crippen LogP contribution in [0.5, 0.6) is 5.75 Å². The molecule has 0 heterocycles. The van der Waals surface area contributed by atoms with Gasteiger partial charge in [-0.15, -0.1) is 0 Å². The summed E-state index contributed by atoms with van der Waals surface area (Å²) in [7, 11) is 1.58. The number of amides is 1. The number of hydrogen-bond acceptors (Lipinski definition) is 3. The Morgan fingerprint density at radius 3 is 2.53 bits per heavy atom. The van der Waals surface area contributed by atoms with Crippen molar-refractivity contribution < 1.29 is 19.4 Å². The summed E-state index contributed by atoms with van der Waals surface area (Å²) in [6.45, 7) is 3.34.